The number of hydrazine groups is 1. The van der Waals surface area contributed by atoms with E-state index in [1.807, 2.05) is 5.43 Å². The lowest BCUT2D eigenvalue weighted by Crippen LogP contribution is -2.46. The minimum atomic E-state index is -4.60. The average molecular weight is 387 g/mol. The molecule has 0 aliphatic rings. The second-order valence-corrected chi connectivity index (χ2v) is 6.91. The van der Waals surface area contributed by atoms with Crippen LogP contribution in [0.2, 0.25) is 0 Å². The quantitative estimate of drug-likeness (QED) is 0.660. The van der Waals surface area contributed by atoms with Crippen molar-refractivity contribution in [1.82, 2.24) is 15.6 Å². The van der Waals surface area contributed by atoms with Crippen LogP contribution in [0.25, 0.3) is 0 Å². The summed E-state index contributed by atoms with van der Waals surface area (Å²) in [4.78, 5) is 22.3. The summed E-state index contributed by atoms with van der Waals surface area (Å²) in [5, 5.41) is 0. The van der Waals surface area contributed by atoms with Crippen LogP contribution in [-0.2, 0) is 14.8 Å². The van der Waals surface area contributed by atoms with Gasteiger partial charge in [-0.05, 0) is 32.0 Å². The van der Waals surface area contributed by atoms with Crippen LogP contribution < -0.4 is 15.6 Å². The Balaban J connectivity index is 1.94. The lowest BCUT2D eigenvalue weighted by molar-refractivity contribution is -0.120. The Labute approximate surface area is 147 Å². The van der Waals surface area contributed by atoms with Gasteiger partial charge in [-0.1, -0.05) is 6.07 Å². The maximum Gasteiger partial charge on any atom is 0.273 e. The van der Waals surface area contributed by atoms with Gasteiger partial charge in [-0.15, -0.1) is 0 Å². The molecule has 0 spiro atoms. The van der Waals surface area contributed by atoms with Crippen molar-refractivity contribution in [3.05, 3.63) is 53.0 Å². The molecule has 1 heterocycles. The molecule has 0 saturated carbocycles. The van der Waals surface area contributed by atoms with Gasteiger partial charge in [-0.25, -0.2) is 21.9 Å². The Morgan fingerprint density at radius 3 is 2.27 bits per heavy atom. The second-order valence-electron chi connectivity index (χ2n) is 5.20. The number of hydrogen-bond donors (Lipinski definition) is 3. The molecule has 0 bridgehead atoms. The summed E-state index contributed by atoms with van der Waals surface area (Å²) >= 11 is 0. The van der Waals surface area contributed by atoms with Crippen molar-refractivity contribution in [3.63, 3.8) is 0 Å². The first-order valence-corrected chi connectivity index (χ1v) is 8.70. The van der Waals surface area contributed by atoms with Gasteiger partial charge in [0.1, 0.15) is 23.2 Å². The van der Waals surface area contributed by atoms with E-state index in [-0.39, 0.29) is 5.56 Å². The van der Waals surface area contributed by atoms with E-state index in [0.717, 1.165) is 18.2 Å². The number of furan rings is 1. The zero-order valence-electron chi connectivity index (χ0n) is 13.7. The van der Waals surface area contributed by atoms with Gasteiger partial charge in [0.2, 0.25) is 10.0 Å². The number of aryl methyl sites for hydroxylation is 2. The number of hydrogen-bond acceptors (Lipinski definition) is 5. The van der Waals surface area contributed by atoms with Gasteiger partial charge in [-0.3, -0.25) is 20.4 Å². The van der Waals surface area contributed by atoms with Crippen molar-refractivity contribution in [2.75, 3.05) is 6.54 Å². The molecule has 11 heteroatoms. The van der Waals surface area contributed by atoms with Crippen LogP contribution in [0.1, 0.15) is 21.9 Å². The predicted octanol–water partition coefficient (Wildman–Crippen LogP) is 0.914. The van der Waals surface area contributed by atoms with Crippen LogP contribution in [0.5, 0.6) is 0 Å². The fourth-order valence-electron chi connectivity index (χ4n) is 2.07. The maximum absolute atomic E-state index is 13.5. The summed E-state index contributed by atoms with van der Waals surface area (Å²) in [6.07, 6.45) is 0. The first-order chi connectivity index (χ1) is 12.1. The van der Waals surface area contributed by atoms with Crippen molar-refractivity contribution in [1.29, 1.82) is 0 Å². The monoisotopic (exact) mass is 387 g/mol. The van der Waals surface area contributed by atoms with Crippen molar-refractivity contribution >= 4 is 21.8 Å². The molecule has 1 aromatic heterocycles. The van der Waals surface area contributed by atoms with Gasteiger partial charge in [0.25, 0.3) is 11.8 Å². The lowest BCUT2D eigenvalue weighted by atomic mass is 10.2. The van der Waals surface area contributed by atoms with Crippen LogP contribution in [-0.4, -0.2) is 26.8 Å². The van der Waals surface area contributed by atoms with Crippen LogP contribution in [0.15, 0.2) is 33.6 Å². The highest BCUT2D eigenvalue weighted by Gasteiger charge is 2.24. The van der Waals surface area contributed by atoms with Crippen molar-refractivity contribution in [2.24, 2.45) is 0 Å². The smallest absolute Gasteiger partial charge is 0.273 e. The molecule has 2 aromatic rings. The predicted molar refractivity (Wildman–Crippen MR) is 85.3 cm³/mol. The molecule has 0 saturated heterocycles. The summed E-state index contributed by atoms with van der Waals surface area (Å²) in [5.74, 6) is -3.37. The molecule has 2 rings (SSSR count). The lowest BCUT2D eigenvalue weighted by Gasteiger charge is -2.09. The minimum Gasteiger partial charge on any atom is -0.466 e. The van der Waals surface area contributed by atoms with E-state index >= 15 is 0 Å². The summed E-state index contributed by atoms with van der Waals surface area (Å²) in [5.41, 5.74) is 4.24. The van der Waals surface area contributed by atoms with Gasteiger partial charge in [0, 0.05) is 0 Å². The normalized spacial score (nSPS) is 11.2. The molecular weight excluding hydrogens is 372 g/mol. The zero-order valence-corrected chi connectivity index (χ0v) is 14.5. The molecule has 0 aliphatic carbocycles. The molecule has 0 unspecified atom stereocenters. The molecular formula is C15H15F2N3O5S. The molecule has 3 N–H and O–H groups in total. The standard InChI is InChI=1S/C15H15F2N3O5S/c1-8-6-10(9(2)25-8)15(22)20-19-13(21)7-18-26(23,24)14-11(16)4-3-5-12(14)17/h3-6,18H,7H2,1-2H3,(H,19,21)(H,20,22). The van der Waals surface area contributed by atoms with Gasteiger partial charge < -0.3 is 4.42 Å². The highest BCUT2D eigenvalue weighted by atomic mass is 32.2. The highest BCUT2D eigenvalue weighted by molar-refractivity contribution is 7.89. The summed E-state index contributed by atoms with van der Waals surface area (Å²) in [6.45, 7) is 2.35. The van der Waals surface area contributed by atoms with E-state index in [1.54, 1.807) is 18.6 Å². The van der Waals surface area contributed by atoms with Crippen LogP contribution in [0.3, 0.4) is 0 Å². The molecule has 1 aromatic carbocycles. The summed E-state index contributed by atoms with van der Waals surface area (Å²) in [6, 6.07) is 4.01. The first kappa shape index (κ1) is 19.5. The maximum atomic E-state index is 13.5. The molecule has 26 heavy (non-hydrogen) atoms. The molecule has 8 nitrogen and oxygen atoms in total. The SMILES string of the molecule is Cc1cc(C(=O)NNC(=O)CNS(=O)(=O)c2c(F)cccc2F)c(C)o1. The Morgan fingerprint density at radius 1 is 1.12 bits per heavy atom. The highest BCUT2D eigenvalue weighted by Crippen LogP contribution is 2.17. The van der Waals surface area contributed by atoms with Crippen LogP contribution in [0.4, 0.5) is 8.78 Å². The number of benzene rings is 1. The largest absolute Gasteiger partial charge is 0.466 e. The number of sulfonamides is 1. The second kappa shape index (κ2) is 7.62. The number of carbonyl (C=O) groups excluding carboxylic acids is 2. The van der Waals surface area contributed by atoms with Gasteiger partial charge >= 0.3 is 0 Å². The van der Waals surface area contributed by atoms with Gasteiger partial charge in [-0.2, -0.15) is 0 Å². The molecule has 2 amide bonds. The van der Waals surface area contributed by atoms with Crippen molar-refractivity contribution in [2.45, 2.75) is 18.7 Å². The van der Waals surface area contributed by atoms with E-state index in [1.165, 1.54) is 6.07 Å². The third kappa shape index (κ3) is 4.43. The zero-order chi connectivity index (χ0) is 19.5. The Kier molecular flexibility index (Phi) is 5.73. The molecule has 0 aliphatic heterocycles. The fraction of sp³-hybridized carbons (Fsp3) is 0.200. The number of amides is 2. The molecule has 0 atom stereocenters. The minimum absolute atomic E-state index is 0.191. The van der Waals surface area contributed by atoms with E-state index in [0.29, 0.717) is 11.5 Å². The summed E-state index contributed by atoms with van der Waals surface area (Å²) in [7, 11) is -4.60. The summed E-state index contributed by atoms with van der Waals surface area (Å²) < 4.78 is 57.8. The first-order valence-electron chi connectivity index (χ1n) is 7.21. The van der Waals surface area contributed by atoms with Gasteiger partial charge in [0.15, 0.2) is 4.90 Å². The number of carbonyl (C=O) groups is 2. The van der Waals surface area contributed by atoms with E-state index < -0.39 is 44.9 Å². The van der Waals surface area contributed by atoms with E-state index in [4.69, 9.17) is 4.42 Å². The van der Waals surface area contributed by atoms with Crippen molar-refractivity contribution < 1.29 is 31.2 Å². The van der Waals surface area contributed by atoms with Gasteiger partial charge in [0.05, 0.1) is 12.1 Å². The molecule has 140 valence electrons. The third-order valence-corrected chi connectivity index (χ3v) is 4.66. The molecule has 0 radical (unpaired) electrons. The number of halogens is 2. The molecule has 0 fully saturated rings. The number of rotatable bonds is 5. The van der Waals surface area contributed by atoms with Crippen LogP contribution in [0, 0.1) is 25.5 Å². The average Bonchev–Trinajstić information content (AvgIpc) is 2.89. The topological polar surface area (TPSA) is 118 Å². The van der Waals surface area contributed by atoms with Crippen molar-refractivity contribution in [3.8, 4) is 0 Å². The third-order valence-electron chi connectivity index (χ3n) is 3.21. The Morgan fingerprint density at radius 2 is 1.73 bits per heavy atom. The van der Waals surface area contributed by atoms with E-state index in [2.05, 4.69) is 5.43 Å². The fourth-order valence-corrected chi connectivity index (χ4v) is 3.18. The van der Waals surface area contributed by atoms with E-state index in [9.17, 15) is 26.8 Å². The number of nitrogens with one attached hydrogen (secondary N) is 3. The Hall–Kier alpha value is -2.79. The van der Waals surface area contributed by atoms with Crippen LogP contribution >= 0.6 is 0 Å². The Bertz CT molecular complexity index is 936.